The summed E-state index contributed by atoms with van der Waals surface area (Å²) in [6, 6.07) is 4.70. The Morgan fingerprint density at radius 3 is 2.40 bits per heavy atom. The molecule has 1 nitrogen and oxygen atoms in total. The van der Waals surface area contributed by atoms with Crippen molar-refractivity contribution in [3.05, 3.63) is 33.3 Å². The second-order valence-corrected chi connectivity index (χ2v) is 5.61. The summed E-state index contributed by atoms with van der Waals surface area (Å²) >= 11 is 3.66. The number of nitrogens with two attached hydrogens (primary N) is 1. The van der Waals surface area contributed by atoms with Gasteiger partial charge in [0.15, 0.2) is 0 Å². The molecule has 1 atom stereocenters. The maximum atomic E-state index is 6.11. The van der Waals surface area contributed by atoms with E-state index in [9.17, 15) is 0 Å². The third-order valence-electron chi connectivity index (χ3n) is 3.78. The molecule has 2 heteroatoms. The average molecular weight is 268 g/mol. The van der Waals surface area contributed by atoms with Crippen LogP contribution in [0.4, 0.5) is 0 Å². The lowest BCUT2D eigenvalue weighted by Crippen LogP contribution is -2.32. The highest BCUT2D eigenvalue weighted by Crippen LogP contribution is 2.52. The van der Waals surface area contributed by atoms with Crippen molar-refractivity contribution in [2.75, 3.05) is 0 Å². The summed E-state index contributed by atoms with van der Waals surface area (Å²) in [7, 11) is 0. The molecular weight excluding hydrogens is 250 g/mol. The summed E-state index contributed by atoms with van der Waals surface area (Å²) in [4.78, 5) is 0. The van der Waals surface area contributed by atoms with Crippen LogP contribution in [0.1, 0.15) is 36.5 Å². The molecule has 1 unspecified atom stereocenters. The van der Waals surface area contributed by atoms with Crippen LogP contribution in [0.25, 0.3) is 0 Å². The molecule has 1 saturated carbocycles. The molecule has 0 aliphatic heterocycles. The Hall–Kier alpha value is -0.340. The van der Waals surface area contributed by atoms with E-state index in [0.717, 1.165) is 0 Å². The summed E-state index contributed by atoms with van der Waals surface area (Å²) in [6.07, 6.45) is 2.47. The van der Waals surface area contributed by atoms with E-state index < -0.39 is 0 Å². The molecule has 0 heterocycles. The first-order valence-corrected chi connectivity index (χ1v) is 6.30. The second kappa shape index (κ2) is 3.60. The molecule has 0 radical (unpaired) electrons. The van der Waals surface area contributed by atoms with Crippen molar-refractivity contribution in [2.45, 2.75) is 45.1 Å². The summed E-state index contributed by atoms with van der Waals surface area (Å²) in [5.74, 6) is 0. The van der Waals surface area contributed by atoms with Gasteiger partial charge in [-0.3, -0.25) is 0 Å². The zero-order valence-corrected chi connectivity index (χ0v) is 11.2. The standard InChI is InChI=1S/C13H18BrN/c1-8-4-5-11(9(2)12(8)14)13(6-7-13)10(3)15/h4-5,10H,6-7,15H2,1-3H3. The van der Waals surface area contributed by atoms with Crippen LogP contribution >= 0.6 is 15.9 Å². The molecule has 1 aromatic rings. The van der Waals surface area contributed by atoms with Gasteiger partial charge in [-0.15, -0.1) is 0 Å². The van der Waals surface area contributed by atoms with E-state index in [1.807, 2.05) is 0 Å². The second-order valence-electron chi connectivity index (χ2n) is 4.81. The molecule has 0 amide bonds. The summed E-state index contributed by atoms with van der Waals surface area (Å²) in [5, 5.41) is 0. The Morgan fingerprint density at radius 1 is 1.33 bits per heavy atom. The lowest BCUT2D eigenvalue weighted by molar-refractivity contribution is 0.553. The molecule has 2 N–H and O–H groups in total. The van der Waals surface area contributed by atoms with Gasteiger partial charge in [0.2, 0.25) is 0 Å². The Bertz CT molecular complexity index is 392. The summed E-state index contributed by atoms with van der Waals surface area (Å²) in [5.41, 5.74) is 10.5. The van der Waals surface area contributed by atoms with Crippen LogP contribution in [0.15, 0.2) is 16.6 Å². The highest BCUT2D eigenvalue weighted by atomic mass is 79.9. The molecule has 1 aliphatic rings. The van der Waals surface area contributed by atoms with Gasteiger partial charge in [0.1, 0.15) is 0 Å². The highest BCUT2D eigenvalue weighted by Gasteiger charge is 2.48. The molecule has 1 aliphatic carbocycles. The monoisotopic (exact) mass is 267 g/mol. The zero-order chi connectivity index (χ0) is 11.2. The maximum absolute atomic E-state index is 6.11. The smallest absolute Gasteiger partial charge is 0.0236 e. The lowest BCUT2D eigenvalue weighted by Gasteiger charge is -2.23. The van der Waals surface area contributed by atoms with Gasteiger partial charge in [0, 0.05) is 15.9 Å². The van der Waals surface area contributed by atoms with Gasteiger partial charge in [-0.1, -0.05) is 28.1 Å². The summed E-state index contributed by atoms with van der Waals surface area (Å²) < 4.78 is 1.24. The van der Waals surface area contributed by atoms with E-state index in [2.05, 4.69) is 48.8 Å². The topological polar surface area (TPSA) is 26.0 Å². The van der Waals surface area contributed by atoms with Crippen LogP contribution < -0.4 is 5.73 Å². The van der Waals surface area contributed by atoms with Gasteiger partial charge in [-0.25, -0.2) is 0 Å². The minimum absolute atomic E-state index is 0.255. The van der Waals surface area contributed by atoms with Crippen molar-refractivity contribution < 1.29 is 0 Å². The molecule has 0 aromatic heterocycles. The molecule has 2 rings (SSSR count). The number of rotatable bonds is 2. The fraction of sp³-hybridized carbons (Fsp3) is 0.538. The lowest BCUT2D eigenvalue weighted by atomic mass is 9.86. The largest absolute Gasteiger partial charge is 0.327 e. The maximum Gasteiger partial charge on any atom is 0.0236 e. The van der Waals surface area contributed by atoms with E-state index in [1.54, 1.807) is 0 Å². The fourth-order valence-corrected chi connectivity index (χ4v) is 2.81. The molecule has 0 bridgehead atoms. The SMILES string of the molecule is Cc1ccc(C2(C(C)N)CC2)c(C)c1Br. The molecule has 15 heavy (non-hydrogen) atoms. The number of halogens is 1. The predicted molar refractivity (Wildman–Crippen MR) is 68.2 cm³/mol. The van der Waals surface area contributed by atoms with E-state index in [4.69, 9.17) is 5.73 Å². The first-order valence-electron chi connectivity index (χ1n) is 5.51. The van der Waals surface area contributed by atoms with Gasteiger partial charge in [-0.05, 0) is 50.3 Å². The third kappa shape index (κ3) is 1.64. The van der Waals surface area contributed by atoms with Crippen molar-refractivity contribution in [2.24, 2.45) is 5.73 Å². The van der Waals surface area contributed by atoms with Gasteiger partial charge in [-0.2, -0.15) is 0 Å². The van der Waals surface area contributed by atoms with Crippen LogP contribution in [0.2, 0.25) is 0 Å². The van der Waals surface area contributed by atoms with E-state index in [0.29, 0.717) is 0 Å². The molecule has 1 aromatic carbocycles. The van der Waals surface area contributed by atoms with Crippen LogP contribution in [0.3, 0.4) is 0 Å². The van der Waals surface area contributed by atoms with Gasteiger partial charge < -0.3 is 5.73 Å². The number of hydrogen-bond donors (Lipinski definition) is 1. The molecular formula is C13H18BrN. The third-order valence-corrected chi connectivity index (χ3v) is 5.00. The average Bonchev–Trinajstić information content (AvgIpc) is 2.95. The minimum Gasteiger partial charge on any atom is -0.327 e. The number of benzene rings is 1. The van der Waals surface area contributed by atoms with Crippen LogP contribution in [-0.2, 0) is 5.41 Å². The van der Waals surface area contributed by atoms with Crippen molar-refractivity contribution in [3.63, 3.8) is 0 Å². The molecule has 1 fully saturated rings. The van der Waals surface area contributed by atoms with Crippen molar-refractivity contribution in [3.8, 4) is 0 Å². The van der Waals surface area contributed by atoms with Crippen molar-refractivity contribution in [1.82, 2.24) is 0 Å². The first kappa shape index (κ1) is 11.2. The van der Waals surface area contributed by atoms with E-state index in [-0.39, 0.29) is 11.5 Å². The molecule has 0 spiro atoms. The number of aryl methyl sites for hydroxylation is 1. The Balaban J connectivity index is 2.51. The normalized spacial score (nSPS) is 20.1. The predicted octanol–water partition coefficient (Wildman–Crippen LogP) is 3.44. The fourth-order valence-electron chi connectivity index (χ4n) is 2.46. The van der Waals surface area contributed by atoms with Crippen LogP contribution in [0, 0.1) is 13.8 Å². The first-order chi connectivity index (χ1) is 6.99. The van der Waals surface area contributed by atoms with Crippen molar-refractivity contribution >= 4 is 15.9 Å². The van der Waals surface area contributed by atoms with Gasteiger partial charge >= 0.3 is 0 Å². The Labute approximate surface area is 100 Å². The van der Waals surface area contributed by atoms with E-state index >= 15 is 0 Å². The van der Waals surface area contributed by atoms with E-state index in [1.165, 1.54) is 34.0 Å². The van der Waals surface area contributed by atoms with Crippen LogP contribution in [-0.4, -0.2) is 6.04 Å². The Morgan fingerprint density at radius 2 is 1.93 bits per heavy atom. The van der Waals surface area contributed by atoms with Gasteiger partial charge in [0.05, 0.1) is 0 Å². The van der Waals surface area contributed by atoms with Gasteiger partial charge in [0.25, 0.3) is 0 Å². The summed E-state index contributed by atoms with van der Waals surface area (Å²) in [6.45, 7) is 6.45. The number of hydrogen-bond acceptors (Lipinski definition) is 1. The molecule has 82 valence electrons. The highest BCUT2D eigenvalue weighted by molar-refractivity contribution is 9.10. The zero-order valence-electron chi connectivity index (χ0n) is 9.60. The quantitative estimate of drug-likeness (QED) is 0.873. The van der Waals surface area contributed by atoms with Crippen LogP contribution in [0.5, 0.6) is 0 Å². The minimum atomic E-state index is 0.255. The molecule has 0 saturated heterocycles. The Kier molecular flexibility index (Phi) is 2.68. The van der Waals surface area contributed by atoms with Crippen molar-refractivity contribution in [1.29, 1.82) is 0 Å².